The molecule has 0 heterocycles. The lowest BCUT2D eigenvalue weighted by molar-refractivity contribution is -0.331. The van der Waals surface area contributed by atoms with Gasteiger partial charge in [0.25, 0.3) is 0 Å². The SMILES string of the molecule is C=C(C)C1=C(C)C2(O)C(O)(C1=O)C(C)(CC(C)=O)[C@@]1(OCOCc3ccccc3)CCC(C)C(OCOCc3ccccc3)C21O. The number of hydrogen-bond acceptors (Lipinski definition) is 9. The van der Waals surface area contributed by atoms with E-state index in [-0.39, 0.29) is 62.5 Å². The maximum Gasteiger partial charge on any atom is 0.198 e. The summed E-state index contributed by atoms with van der Waals surface area (Å²) in [5.74, 6) is -1.55. The van der Waals surface area contributed by atoms with Gasteiger partial charge in [0.15, 0.2) is 22.6 Å². The van der Waals surface area contributed by atoms with Gasteiger partial charge in [0.1, 0.15) is 25.0 Å². The van der Waals surface area contributed by atoms with Crippen LogP contribution in [0.4, 0.5) is 0 Å². The molecule has 46 heavy (non-hydrogen) atoms. The number of fused-ring (bicyclic) bond motifs is 3. The monoisotopic (exact) mass is 634 g/mol. The van der Waals surface area contributed by atoms with Crippen molar-refractivity contribution in [2.45, 2.75) is 95.6 Å². The van der Waals surface area contributed by atoms with Crippen molar-refractivity contribution in [3.05, 3.63) is 95.1 Å². The standard InChI is InChI=1S/C37H46O9/c1-24(2)30-27(5)35(40)36(41,31(30)39)33(6,19-26(4)38)34(46-23-44-21-29-15-11-8-12-16-29)18-17-25(3)32(37(34,35)42)45-22-43-20-28-13-9-7-10-14-28/h7-16,25,32,40-42H,1,17-23H2,2-6H3/t25?,32?,33?,34-,35?,36?,37?/m0/s1. The largest absolute Gasteiger partial charge is 0.381 e. The van der Waals surface area contributed by atoms with Gasteiger partial charge in [0.2, 0.25) is 0 Å². The summed E-state index contributed by atoms with van der Waals surface area (Å²) in [6.45, 7) is 11.6. The van der Waals surface area contributed by atoms with Crippen LogP contribution in [0, 0.1) is 11.3 Å². The molecule has 0 aromatic heterocycles. The normalized spacial score (nSPS) is 35.3. The van der Waals surface area contributed by atoms with Crippen LogP contribution in [0.25, 0.3) is 0 Å². The number of carbonyl (C=O) groups excluding carboxylic acids is 2. The molecule has 0 aliphatic heterocycles. The molecular formula is C37H46O9. The second kappa shape index (κ2) is 12.5. The summed E-state index contributed by atoms with van der Waals surface area (Å²) < 4.78 is 24.7. The first-order valence-electron chi connectivity index (χ1n) is 15.8. The number of benzene rings is 2. The van der Waals surface area contributed by atoms with Crippen LogP contribution in [0.2, 0.25) is 0 Å². The fraction of sp³-hybridized carbons (Fsp3) is 0.514. The highest BCUT2D eigenvalue weighted by Crippen LogP contribution is 2.74. The van der Waals surface area contributed by atoms with Crippen molar-refractivity contribution in [3.63, 3.8) is 0 Å². The Morgan fingerprint density at radius 2 is 1.46 bits per heavy atom. The summed E-state index contributed by atoms with van der Waals surface area (Å²) in [7, 11) is 0. The highest BCUT2D eigenvalue weighted by molar-refractivity contribution is 6.12. The Morgan fingerprint density at radius 3 is 1.98 bits per heavy atom. The summed E-state index contributed by atoms with van der Waals surface area (Å²) in [5, 5.41) is 39.2. The summed E-state index contributed by atoms with van der Waals surface area (Å²) in [5.41, 5.74) is -9.23. The summed E-state index contributed by atoms with van der Waals surface area (Å²) in [4.78, 5) is 27.4. The second-order valence-corrected chi connectivity index (χ2v) is 13.5. The maximum absolute atomic E-state index is 14.4. The molecule has 248 valence electrons. The van der Waals surface area contributed by atoms with Crippen molar-refractivity contribution in [1.29, 1.82) is 0 Å². The Hall–Kier alpha value is -3.02. The van der Waals surface area contributed by atoms with Crippen LogP contribution in [0.5, 0.6) is 0 Å². The number of hydrogen-bond donors (Lipinski definition) is 3. The van der Waals surface area contributed by atoms with E-state index in [2.05, 4.69) is 6.58 Å². The fourth-order valence-corrected chi connectivity index (χ4v) is 8.72. The molecule has 7 atom stereocenters. The molecule has 2 saturated carbocycles. The van der Waals surface area contributed by atoms with E-state index in [0.29, 0.717) is 12.0 Å². The number of allylic oxidation sites excluding steroid dienone is 1. The molecule has 3 aliphatic rings. The van der Waals surface area contributed by atoms with Gasteiger partial charge in [-0.25, -0.2) is 0 Å². The summed E-state index contributed by atoms with van der Waals surface area (Å²) in [6.07, 6.45) is -1.04. The van der Waals surface area contributed by atoms with Crippen LogP contribution in [-0.2, 0) is 41.8 Å². The topological polar surface area (TPSA) is 132 Å². The Kier molecular flexibility index (Phi) is 9.36. The Labute approximate surface area is 270 Å². The molecule has 9 nitrogen and oxygen atoms in total. The average Bonchev–Trinajstić information content (AvgIpc) is 3.24. The van der Waals surface area contributed by atoms with E-state index in [4.69, 9.17) is 18.9 Å². The highest BCUT2D eigenvalue weighted by Gasteiger charge is 2.94. The first-order valence-corrected chi connectivity index (χ1v) is 15.8. The van der Waals surface area contributed by atoms with Crippen molar-refractivity contribution in [1.82, 2.24) is 0 Å². The van der Waals surface area contributed by atoms with Crippen LogP contribution in [-0.4, -0.2) is 69.0 Å². The third kappa shape index (κ3) is 4.71. The van der Waals surface area contributed by atoms with Gasteiger partial charge in [0.05, 0.1) is 19.3 Å². The van der Waals surface area contributed by atoms with Gasteiger partial charge < -0.3 is 39.1 Å². The van der Waals surface area contributed by atoms with Crippen LogP contribution in [0.1, 0.15) is 65.0 Å². The number of ketones is 2. The maximum atomic E-state index is 14.4. The van der Waals surface area contributed by atoms with E-state index in [9.17, 15) is 24.9 Å². The van der Waals surface area contributed by atoms with Crippen LogP contribution >= 0.6 is 0 Å². The average molecular weight is 635 g/mol. The van der Waals surface area contributed by atoms with Gasteiger partial charge in [-0.2, -0.15) is 0 Å². The molecule has 2 fully saturated rings. The van der Waals surface area contributed by atoms with Crippen molar-refractivity contribution < 1.29 is 43.9 Å². The first-order chi connectivity index (χ1) is 21.7. The Bertz CT molecular complexity index is 1510. The van der Waals surface area contributed by atoms with Crippen LogP contribution in [0.15, 0.2) is 84.0 Å². The number of aliphatic hydroxyl groups is 3. The molecule has 0 amide bonds. The highest BCUT2D eigenvalue weighted by atomic mass is 16.7. The molecule has 9 heteroatoms. The second-order valence-electron chi connectivity index (χ2n) is 13.5. The molecule has 2 aromatic carbocycles. The zero-order chi connectivity index (χ0) is 33.5. The summed E-state index contributed by atoms with van der Waals surface area (Å²) >= 11 is 0. The van der Waals surface area contributed by atoms with Crippen molar-refractivity contribution in [3.8, 4) is 0 Å². The molecule has 0 saturated heterocycles. The third-order valence-electron chi connectivity index (χ3n) is 10.7. The van der Waals surface area contributed by atoms with Crippen molar-refractivity contribution >= 4 is 11.6 Å². The molecule has 5 rings (SSSR count). The molecule has 2 aromatic rings. The van der Waals surface area contributed by atoms with E-state index in [0.717, 1.165) is 11.1 Å². The van der Waals surface area contributed by atoms with Gasteiger partial charge in [-0.05, 0) is 61.8 Å². The molecule has 3 N–H and O–H groups in total. The van der Waals surface area contributed by atoms with Gasteiger partial charge in [0, 0.05) is 17.4 Å². The molecule has 0 radical (unpaired) electrons. The van der Waals surface area contributed by atoms with Gasteiger partial charge in [-0.1, -0.05) is 81.1 Å². The molecular weight excluding hydrogens is 588 g/mol. The van der Waals surface area contributed by atoms with Crippen molar-refractivity contribution in [2.75, 3.05) is 13.6 Å². The Morgan fingerprint density at radius 1 is 0.913 bits per heavy atom. The van der Waals surface area contributed by atoms with Gasteiger partial charge in [-0.15, -0.1) is 0 Å². The zero-order valence-corrected chi connectivity index (χ0v) is 27.4. The lowest BCUT2D eigenvalue weighted by atomic mass is 9.56. The number of carbonyl (C=O) groups is 2. The minimum absolute atomic E-state index is 0.0273. The Balaban J connectivity index is 1.62. The number of rotatable bonds is 13. The molecule has 0 spiro atoms. The minimum atomic E-state index is -2.67. The van der Waals surface area contributed by atoms with Crippen molar-refractivity contribution in [2.24, 2.45) is 11.3 Å². The predicted octanol–water partition coefficient (Wildman–Crippen LogP) is 4.57. The minimum Gasteiger partial charge on any atom is -0.381 e. The van der Waals surface area contributed by atoms with E-state index in [1.807, 2.05) is 67.6 Å². The number of Topliss-reactive ketones (excluding diaryl/α,β-unsaturated/α-hetero) is 2. The fourth-order valence-electron chi connectivity index (χ4n) is 8.72. The van der Waals surface area contributed by atoms with E-state index >= 15 is 0 Å². The molecule has 6 unspecified atom stereocenters. The first kappa shape index (κ1) is 34.3. The quantitative estimate of drug-likeness (QED) is 0.214. The van der Waals surface area contributed by atoms with Gasteiger partial charge >= 0.3 is 0 Å². The third-order valence-corrected chi connectivity index (χ3v) is 10.7. The smallest absolute Gasteiger partial charge is 0.198 e. The van der Waals surface area contributed by atoms with Crippen LogP contribution < -0.4 is 0 Å². The van der Waals surface area contributed by atoms with E-state index in [1.165, 1.54) is 13.8 Å². The zero-order valence-electron chi connectivity index (χ0n) is 27.4. The number of ether oxygens (including phenoxy) is 4. The lowest BCUT2D eigenvalue weighted by Gasteiger charge is -2.58. The molecule has 3 aliphatic carbocycles. The lowest BCUT2D eigenvalue weighted by Crippen LogP contribution is -2.75. The van der Waals surface area contributed by atoms with Crippen LogP contribution in [0.3, 0.4) is 0 Å². The van der Waals surface area contributed by atoms with E-state index in [1.54, 1.807) is 13.8 Å². The van der Waals surface area contributed by atoms with Gasteiger partial charge in [-0.3, -0.25) is 4.79 Å². The molecule has 0 bridgehead atoms. The predicted molar refractivity (Wildman–Crippen MR) is 170 cm³/mol. The summed E-state index contributed by atoms with van der Waals surface area (Å²) in [6, 6.07) is 19.0. The van der Waals surface area contributed by atoms with E-state index < -0.39 is 39.7 Å².